The molecule has 0 radical (unpaired) electrons. The smallest absolute Gasteiger partial charge is 0.0762 e. The number of nitrogens with one attached hydrogen (secondary N) is 1. The molecule has 1 saturated carbocycles. The second kappa shape index (κ2) is 6.49. The molecule has 1 spiro atoms. The van der Waals surface area contributed by atoms with Crippen molar-refractivity contribution in [1.82, 2.24) is 15.1 Å². The van der Waals surface area contributed by atoms with Crippen LogP contribution in [-0.4, -0.2) is 28.5 Å². The van der Waals surface area contributed by atoms with Crippen LogP contribution >= 0.6 is 0 Å². The molecule has 118 valence electrons. The first-order chi connectivity index (χ1) is 10.2. The van der Waals surface area contributed by atoms with Crippen LogP contribution in [0, 0.1) is 5.92 Å². The molecule has 1 aromatic heterocycles. The van der Waals surface area contributed by atoms with Gasteiger partial charge in [-0.05, 0) is 44.2 Å². The van der Waals surface area contributed by atoms with Crippen LogP contribution in [0.1, 0.15) is 64.1 Å². The highest BCUT2D eigenvalue weighted by molar-refractivity contribution is 5.01. The van der Waals surface area contributed by atoms with Crippen LogP contribution in [0.2, 0.25) is 0 Å². The molecule has 1 aliphatic heterocycles. The van der Waals surface area contributed by atoms with Crippen LogP contribution in [0.15, 0.2) is 12.3 Å². The molecule has 3 rings (SSSR count). The first kappa shape index (κ1) is 15.0. The molecule has 4 heteroatoms. The third-order valence-corrected chi connectivity index (χ3v) is 4.88. The maximum absolute atomic E-state index is 6.12. The Morgan fingerprint density at radius 3 is 3.00 bits per heavy atom. The highest BCUT2D eigenvalue weighted by Gasteiger charge is 2.40. The van der Waals surface area contributed by atoms with Gasteiger partial charge in [0.2, 0.25) is 0 Å². The first-order valence-corrected chi connectivity index (χ1v) is 8.56. The standard InChI is InChI=1S/C17H29N3O/c1-14(2)12-18-13-15-5-9-20(19-15)16-6-10-21-17(11-16)7-3-4-8-17/h5,9,14,16,18H,3-4,6-8,10-13H2,1-2H3. The van der Waals surface area contributed by atoms with Crippen LogP contribution in [0.4, 0.5) is 0 Å². The van der Waals surface area contributed by atoms with Crippen molar-refractivity contribution >= 4 is 0 Å². The maximum Gasteiger partial charge on any atom is 0.0762 e. The Balaban J connectivity index is 1.57. The molecular formula is C17H29N3O. The molecule has 1 unspecified atom stereocenters. The minimum atomic E-state index is 0.172. The van der Waals surface area contributed by atoms with Crippen LogP contribution in [0.5, 0.6) is 0 Å². The minimum Gasteiger partial charge on any atom is -0.375 e. The molecule has 21 heavy (non-hydrogen) atoms. The molecule has 0 bridgehead atoms. The van der Waals surface area contributed by atoms with Crippen molar-refractivity contribution in [3.8, 4) is 0 Å². The Kier molecular flexibility index (Phi) is 4.65. The maximum atomic E-state index is 6.12. The van der Waals surface area contributed by atoms with Gasteiger partial charge in [-0.3, -0.25) is 4.68 Å². The van der Waals surface area contributed by atoms with E-state index < -0.39 is 0 Å². The van der Waals surface area contributed by atoms with Gasteiger partial charge >= 0.3 is 0 Å². The lowest BCUT2D eigenvalue weighted by Crippen LogP contribution is -2.38. The number of aromatic nitrogens is 2. The quantitative estimate of drug-likeness (QED) is 0.905. The van der Waals surface area contributed by atoms with Gasteiger partial charge in [0.25, 0.3) is 0 Å². The summed E-state index contributed by atoms with van der Waals surface area (Å²) < 4.78 is 8.31. The average Bonchev–Trinajstić information content (AvgIpc) is 3.09. The SMILES string of the molecule is CC(C)CNCc1ccn(C2CCOC3(CCCC3)C2)n1. The molecule has 0 amide bonds. The summed E-state index contributed by atoms with van der Waals surface area (Å²) in [6.07, 6.45) is 9.55. The van der Waals surface area contributed by atoms with E-state index in [9.17, 15) is 0 Å². The van der Waals surface area contributed by atoms with Gasteiger partial charge < -0.3 is 10.1 Å². The van der Waals surface area contributed by atoms with Gasteiger partial charge in [0, 0.05) is 19.3 Å². The molecule has 1 N–H and O–H groups in total. The molecular weight excluding hydrogens is 262 g/mol. The summed E-state index contributed by atoms with van der Waals surface area (Å²) >= 11 is 0. The van der Waals surface area contributed by atoms with Crippen molar-refractivity contribution in [2.45, 2.75) is 70.6 Å². The lowest BCUT2D eigenvalue weighted by atomic mass is 9.89. The van der Waals surface area contributed by atoms with Gasteiger partial charge in [0.1, 0.15) is 0 Å². The number of hydrogen-bond donors (Lipinski definition) is 1. The van der Waals surface area contributed by atoms with E-state index in [2.05, 4.69) is 36.1 Å². The summed E-state index contributed by atoms with van der Waals surface area (Å²) in [5.74, 6) is 0.685. The van der Waals surface area contributed by atoms with E-state index in [1.54, 1.807) is 0 Å². The van der Waals surface area contributed by atoms with E-state index in [0.29, 0.717) is 12.0 Å². The molecule has 1 saturated heterocycles. The van der Waals surface area contributed by atoms with Gasteiger partial charge in [0.15, 0.2) is 0 Å². The van der Waals surface area contributed by atoms with E-state index >= 15 is 0 Å². The Morgan fingerprint density at radius 1 is 1.43 bits per heavy atom. The van der Waals surface area contributed by atoms with Crippen LogP contribution in [0.25, 0.3) is 0 Å². The molecule has 2 heterocycles. The van der Waals surface area contributed by atoms with Crippen molar-refractivity contribution in [3.63, 3.8) is 0 Å². The number of ether oxygens (including phenoxy) is 1. The molecule has 0 aromatic carbocycles. The first-order valence-electron chi connectivity index (χ1n) is 8.56. The summed E-state index contributed by atoms with van der Waals surface area (Å²) in [6.45, 7) is 7.28. The summed E-state index contributed by atoms with van der Waals surface area (Å²) in [5, 5.41) is 8.25. The lowest BCUT2D eigenvalue weighted by Gasteiger charge is -2.38. The van der Waals surface area contributed by atoms with E-state index in [1.807, 2.05) is 0 Å². The number of rotatable bonds is 5. The van der Waals surface area contributed by atoms with Crippen LogP contribution in [-0.2, 0) is 11.3 Å². The van der Waals surface area contributed by atoms with Crippen molar-refractivity contribution in [2.24, 2.45) is 5.92 Å². The van der Waals surface area contributed by atoms with Crippen LogP contribution in [0.3, 0.4) is 0 Å². The normalized spacial score (nSPS) is 25.0. The van der Waals surface area contributed by atoms with E-state index in [0.717, 1.165) is 38.2 Å². The number of hydrogen-bond acceptors (Lipinski definition) is 3. The lowest BCUT2D eigenvalue weighted by molar-refractivity contribution is -0.0910. The summed E-state index contributed by atoms with van der Waals surface area (Å²) in [7, 11) is 0. The molecule has 1 aliphatic carbocycles. The third kappa shape index (κ3) is 3.67. The monoisotopic (exact) mass is 291 g/mol. The zero-order chi connectivity index (χ0) is 14.7. The molecule has 2 fully saturated rings. The van der Waals surface area contributed by atoms with Gasteiger partial charge in [-0.2, -0.15) is 5.10 Å². The summed E-state index contributed by atoms with van der Waals surface area (Å²) in [6, 6.07) is 2.68. The molecule has 4 nitrogen and oxygen atoms in total. The summed E-state index contributed by atoms with van der Waals surface area (Å²) in [4.78, 5) is 0. The predicted molar refractivity (Wildman–Crippen MR) is 84.2 cm³/mol. The second-order valence-electron chi connectivity index (χ2n) is 7.20. The Morgan fingerprint density at radius 2 is 2.24 bits per heavy atom. The summed E-state index contributed by atoms with van der Waals surface area (Å²) in [5.41, 5.74) is 1.33. The number of nitrogens with zero attached hydrogens (tertiary/aromatic N) is 2. The molecule has 2 aliphatic rings. The predicted octanol–water partition coefficient (Wildman–Crippen LogP) is 3.29. The minimum absolute atomic E-state index is 0.172. The largest absolute Gasteiger partial charge is 0.375 e. The Labute approximate surface area is 128 Å². The van der Waals surface area contributed by atoms with Gasteiger partial charge in [-0.1, -0.05) is 26.7 Å². The van der Waals surface area contributed by atoms with Crippen LogP contribution < -0.4 is 5.32 Å². The highest BCUT2D eigenvalue weighted by Crippen LogP contribution is 2.43. The van der Waals surface area contributed by atoms with Crippen molar-refractivity contribution < 1.29 is 4.74 Å². The van der Waals surface area contributed by atoms with Crippen molar-refractivity contribution in [3.05, 3.63) is 18.0 Å². The molecule has 1 atom stereocenters. The molecule has 1 aromatic rings. The average molecular weight is 291 g/mol. The van der Waals surface area contributed by atoms with Crippen molar-refractivity contribution in [2.75, 3.05) is 13.2 Å². The van der Waals surface area contributed by atoms with Crippen molar-refractivity contribution in [1.29, 1.82) is 0 Å². The van der Waals surface area contributed by atoms with E-state index in [-0.39, 0.29) is 5.60 Å². The van der Waals surface area contributed by atoms with Gasteiger partial charge in [0.05, 0.1) is 17.3 Å². The van der Waals surface area contributed by atoms with Gasteiger partial charge in [-0.25, -0.2) is 0 Å². The fraction of sp³-hybridized carbons (Fsp3) is 0.824. The zero-order valence-corrected chi connectivity index (χ0v) is 13.5. The fourth-order valence-electron chi connectivity index (χ4n) is 3.76. The topological polar surface area (TPSA) is 39.1 Å². The zero-order valence-electron chi connectivity index (χ0n) is 13.5. The highest BCUT2D eigenvalue weighted by atomic mass is 16.5. The van der Waals surface area contributed by atoms with Gasteiger partial charge in [-0.15, -0.1) is 0 Å². The van der Waals surface area contributed by atoms with E-state index in [4.69, 9.17) is 9.84 Å². The van der Waals surface area contributed by atoms with E-state index in [1.165, 1.54) is 25.7 Å². The fourth-order valence-corrected chi connectivity index (χ4v) is 3.76. The Hall–Kier alpha value is -0.870. The third-order valence-electron chi connectivity index (χ3n) is 4.88. The second-order valence-corrected chi connectivity index (χ2v) is 7.20. The Bertz CT molecular complexity index is 449.